The zero-order chi connectivity index (χ0) is 17.5. The van der Waals surface area contributed by atoms with Crippen molar-refractivity contribution in [1.82, 2.24) is 0 Å². The van der Waals surface area contributed by atoms with E-state index in [1.807, 2.05) is 34.6 Å². The van der Waals surface area contributed by atoms with Crippen molar-refractivity contribution in [2.24, 2.45) is 0 Å². The van der Waals surface area contributed by atoms with Crippen molar-refractivity contribution in [3.05, 3.63) is 23.2 Å². The number of rotatable bonds is 5. The van der Waals surface area contributed by atoms with Gasteiger partial charge in [-0.15, -0.1) is 0 Å². The molecule has 1 aromatic carbocycles. The van der Waals surface area contributed by atoms with Crippen LogP contribution in [-0.2, 0) is 19.3 Å². The Morgan fingerprint density at radius 3 is 2.26 bits per heavy atom. The molecule has 0 bridgehead atoms. The molecule has 1 heterocycles. The molecule has 0 radical (unpaired) electrons. The number of anilines is 1. The van der Waals surface area contributed by atoms with Gasteiger partial charge in [-0.25, -0.2) is 8.42 Å². The monoisotopic (exact) mass is 359 g/mol. The Morgan fingerprint density at radius 2 is 1.74 bits per heavy atom. The molecule has 0 atom stereocenters. The van der Waals surface area contributed by atoms with E-state index in [9.17, 15) is 8.42 Å². The average molecular weight is 360 g/mol. The van der Waals surface area contributed by atoms with E-state index in [1.165, 1.54) is 0 Å². The molecule has 1 fully saturated rings. The van der Waals surface area contributed by atoms with E-state index >= 15 is 0 Å². The van der Waals surface area contributed by atoms with E-state index in [1.54, 1.807) is 18.2 Å². The van der Waals surface area contributed by atoms with Crippen LogP contribution in [0.25, 0.3) is 0 Å². The maximum Gasteiger partial charge on any atom is 0.496 e. The molecule has 128 valence electrons. The van der Waals surface area contributed by atoms with Crippen molar-refractivity contribution in [3.8, 4) is 0 Å². The van der Waals surface area contributed by atoms with Gasteiger partial charge in [0.15, 0.2) is 0 Å². The summed E-state index contributed by atoms with van der Waals surface area (Å²) >= 11 is 6.39. The minimum Gasteiger partial charge on any atom is -0.399 e. The Bertz CT molecular complexity index is 675. The number of benzene rings is 1. The van der Waals surface area contributed by atoms with Crippen molar-refractivity contribution in [3.63, 3.8) is 0 Å². The van der Waals surface area contributed by atoms with Gasteiger partial charge in [0.2, 0.25) is 10.0 Å². The summed E-state index contributed by atoms with van der Waals surface area (Å²) in [5.41, 5.74) is -0.0217. The van der Waals surface area contributed by atoms with Crippen LogP contribution in [0, 0.1) is 0 Å². The van der Waals surface area contributed by atoms with Gasteiger partial charge in [-0.05, 0) is 40.2 Å². The summed E-state index contributed by atoms with van der Waals surface area (Å²) in [5, 5.41) is 0.297. The molecule has 8 heteroatoms. The van der Waals surface area contributed by atoms with Crippen molar-refractivity contribution < 1.29 is 17.7 Å². The average Bonchev–Trinajstić information content (AvgIpc) is 2.60. The Kier molecular flexibility index (Phi) is 5.07. The summed E-state index contributed by atoms with van der Waals surface area (Å²) in [6.45, 7) is 9.62. The molecule has 0 saturated carbocycles. The second-order valence-corrected chi connectivity index (χ2v) is 8.94. The minimum atomic E-state index is -3.41. The lowest BCUT2D eigenvalue weighted by Crippen LogP contribution is -2.41. The van der Waals surface area contributed by atoms with Gasteiger partial charge in [-0.2, -0.15) is 0 Å². The van der Waals surface area contributed by atoms with Crippen molar-refractivity contribution >= 4 is 39.9 Å². The quantitative estimate of drug-likeness (QED) is 0.821. The molecule has 0 aromatic heterocycles. The highest BCUT2D eigenvalue weighted by Gasteiger charge is 2.52. The molecular formula is C15H23BClNO4S. The van der Waals surface area contributed by atoms with E-state index < -0.39 is 28.3 Å². The molecular weight excluding hydrogens is 336 g/mol. The van der Waals surface area contributed by atoms with Crippen LogP contribution in [0.4, 0.5) is 5.69 Å². The predicted octanol–water partition coefficient (Wildman–Crippen LogP) is 2.79. The number of nitrogens with one attached hydrogen (secondary N) is 1. The van der Waals surface area contributed by atoms with Crippen LogP contribution < -0.4 is 10.2 Å². The molecule has 23 heavy (non-hydrogen) atoms. The standard InChI is InChI=1S/C15H23BClNO4S/c1-6-10-23(19,20)18-12-9-7-8-11(13(12)17)16-21-14(2,3)15(4,5)22-16/h7-9,18H,6,10H2,1-5H3. The molecule has 2 rings (SSSR count). The van der Waals surface area contributed by atoms with E-state index in [-0.39, 0.29) is 5.75 Å². The van der Waals surface area contributed by atoms with Crippen molar-refractivity contribution in [2.75, 3.05) is 10.5 Å². The molecule has 1 N–H and O–H groups in total. The Hall–Kier alpha value is -0.755. The van der Waals surface area contributed by atoms with Crippen LogP contribution in [0.2, 0.25) is 5.02 Å². The summed E-state index contributed by atoms with van der Waals surface area (Å²) in [4.78, 5) is 0. The molecule has 0 amide bonds. The molecule has 0 aliphatic carbocycles. The maximum absolute atomic E-state index is 12.0. The maximum atomic E-state index is 12.0. The summed E-state index contributed by atoms with van der Waals surface area (Å²) in [6, 6.07) is 5.14. The topological polar surface area (TPSA) is 64.6 Å². The van der Waals surface area contributed by atoms with Crippen LogP contribution >= 0.6 is 11.6 Å². The highest BCUT2D eigenvalue weighted by Crippen LogP contribution is 2.37. The van der Waals surface area contributed by atoms with Crippen LogP contribution in [0.1, 0.15) is 41.0 Å². The Morgan fingerprint density at radius 1 is 1.17 bits per heavy atom. The van der Waals surface area contributed by atoms with E-state index in [0.29, 0.717) is 22.6 Å². The molecule has 5 nitrogen and oxygen atoms in total. The zero-order valence-corrected chi connectivity index (χ0v) is 15.7. The van der Waals surface area contributed by atoms with E-state index in [4.69, 9.17) is 20.9 Å². The summed E-state index contributed by atoms with van der Waals surface area (Å²) in [5.74, 6) is 0.0457. The van der Waals surface area contributed by atoms with Gasteiger partial charge in [0.25, 0.3) is 0 Å². The lowest BCUT2D eigenvalue weighted by Gasteiger charge is -2.32. The first-order chi connectivity index (χ1) is 10.5. The first kappa shape index (κ1) is 18.6. The molecule has 1 aliphatic heterocycles. The lowest BCUT2D eigenvalue weighted by atomic mass is 9.79. The first-order valence-corrected chi connectivity index (χ1v) is 9.66. The van der Waals surface area contributed by atoms with Crippen molar-refractivity contribution in [1.29, 1.82) is 0 Å². The van der Waals surface area contributed by atoms with Gasteiger partial charge < -0.3 is 9.31 Å². The second-order valence-electron chi connectivity index (χ2n) is 6.72. The summed E-state index contributed by atoms with van der Waals surface area (Å²) in [6.07, 6.45) is 0.532. The van der Waals surface area contributed by atoms with Crippen LogP contribution in [-0.4, -0.2) is 32.5 Å². The van der Waals surface area contributed by atoms with Gasteiger partial charge in [-0.3, -0.25) is 4.72 Å². The van der Waals surface area contributed by atoms with Gasteiger partial charge in [-0.1, -0.05) is 30.7 Å². The van der Waals surface area contributed by atoms with E-state index in [2.05, 4.69) is 4.72 Å². The highest BCUT2D eigenvalue weighted by atomic mass is 35.5. The number of sulfonamides is 1. The SMILES string of the molecule is CCCS(=O)(=O)Nc1cccc(B2OC(C)(C)C(C)(C)O2)c1Cl. The van der Waals surface area contributed by atoms with Crippen LogP contribution in [0.5, 0.6) is 0 Å². The smallest absolute Gasteiger partial charge is 0.399 e. The van der Waals surface area contributed by atoms with E-state index in [0.717, 1.165) is 0 Å². The highest BCUT2D eigenvalue weighted by molar-refractivity contribution is 7.92. The van der Waals surface area contributed by atoms with Gasteiger partial charge in [0, 0.05) is 5.46 Å². The fourth-order valence-electron chi connectivity index (χ4n) is 2.27. The molecule has 1 aliphatic rings. The molecule has 1 aromatic rings. The summed E-state index contributed by atoms with van der Waals surface area (Å²) < 4.78 is 38.4. The number of hydrogen-bond acceptors (Lipinski definition) is 4. The lowest BCUT2D eigenvalue weighted by molar-refractivity contribution is 0.00578. The van der Waals surface area contributed by atoms with Crippen LogP contribution in [0.3, 0.4) is 0 Å². The summed E-state index contributed by atoms with van der Waals surface area (Å²) in [7, 11) is -4.05. The third-order valence-corrected chi connectivity index (χ3v) is 6.17. The normalized spacial score (nSPS) is 19.8. The fourth-order valence-corrected chi connectivity index (χ4v) is 3.73. The predicted molar refractivity (Wildman–Crippen MR) is 94.9 cm³/mol. The number of halogens is 1. The molecule has 0 unspecified atom stereocenters. The third-order valence-electron chi connectivity index (χ3n) is 4.27. The van der Waals surface area contributed by atoms with Crippen molar-refractivity contribution in [2.45, 2.75) is 52.2 Å². The molecule has 0 spiro atoms. The molecule has 1 saturated heterocycles. The van der Waals surface area contributed by atoms with Gasteiger partial charge in [0.1, 0.15) is 0 Å². The fraction of sp³-hybridized carbons (Fsp3) is 0.600. The van der Waals surface area contributed by atoms with Gasteiger partial charge in [0.05, 0.1) is 27.7 Å². The van der Waals surface area contributed by atoms with Gasteiger partial charge >= 0.3 is 7.12 Å². The van der Waals surface area contributed by atoms with Crippen LogP contribution in [0.15, 0.2) is 18.2 Å². The zero-order valence-electron chi connectivity index (χ0n) is 14.1. The minimum absolute atomic E-state index is 0.0457. The first-order valence-electron chi connectivity index (χ1n) is 7.63. The third kappa shape index (κ3) is 3.84. The number of hydrogen-bond donors (Lipinski definition) is 1. The second kappa shape index (κ2) is 6.28. The Labute approximate surface area is 143 Å². The Balaban J connectivity index is 2.31. The largest absolute Gasteiger partial charge is 0.496 e.